The van der Waals surface area contributed by atoms with Crippen LogP contribution >= 0.6 is 0 Å². The molecule has 2 nitrogen and oxygen atoms in total. The van der Waals surface area contributed by atoms with Crippen LogP contribution in [0.4, 0.5) is 0 Å². The Morgan fingerprint density at radius 3 is 2.60 bits per heavy atom. The molecule has 0 bridgehead atoms. The van der Waals surface area contributed by atoms with Crippen molar-refractivity contribution in [1.29, 1.82) is 0 Å². The second-order valence-electron chi connectivity index (χ2n) is 5.41. The van der Waals surface area contributed by atoms with Crippen molar-refractivity contribution in [2.24, 2.45) is 5.92 Å². The van der Waals surface area contributed by atoms with Crippen molar-refractivity contribution in [3.05, 3.63) is 0 Å². The van der Waals surface area contributed by atoms with E-state index >= 15 is 0 Å². The molecule has 2 unspecified atom stereocenters. The highest BCUT2D eigenvalue weighted by molar-refractivity contribution is 4.87. The Morgan fingerprint density at radius 2 is 1.93 bits per heavy atom. The third kappa shape index (κ3) is 2.94. The van der Waals surface area contributed by atoms with E-state index in [4.69, 9.17) is 0 Å². The van der Waals surface area contributed by atoms with Crippen LogP contribution in [0.3, 0.4) is 0 Å². The molecule has 0 radical (unpaired) electrons. The third-order valence-corrected chi connectivity index (χ3v) is 4.29. The Bertz CT molecular complexity index is 195. The minimum Gasteiger partial charge on any atom is -0.392 e. The molecule has 0 spiro atoms. The molecule has 2 fully saturated rings. The van der Waals surface area contributed by atoms with Crippen LogP contribution in [0.25, 0.3) is 0 Å². The van der Waals surface area contributed by atoms with E-state index in [0.29, 0.717) is 12.1 Å². The molecule has 0 aromatic heterocycles. The number of rotatable bonds is 3. The summed E-state index contributed by atoms with van der Waals surface area (Å²) in [5.41, 5.74) is 0. The van der Waals surface area contributed by atoms with Crippen LogP contribution in [-0.4, -0.2) is 23.3 Å². The minimum atomic E-state index is -0.0768. The van der Waals surface area contributed by atoms with Gasteiger partial charge in [0.1, 0.15) is 0 Å². The standard InChI is InChI=1S/C13H25NO/c1-2-10-5-3-6-11(9-10)14-12-7-4-8-13(12)15/h10-15H,2-9H2,1H3/t10?,11?,12-,13-/m0/s1. The smallest absolute Gasteiger partial charge is 0.0693 e. The van der Waals surface area contributed by atoms with Crippen LogP contribution in [0.15, 0.2) is 0 Å². The lowest BCUT2D eigenvalue weighted by atomic mass is 9.84. The molecular weight excluding hydrogens is 186 g/mol. The van der Waals surface area contributed by atoms with Gasteiger partial charge in [-0.05, 0) is 38.0 Å². The summed E-state index contributed by atoms with van der Waals surface area (Å²) in [5.74, 6) is 0.926. The van der Waals surface area contributed by atoms with Crippen molar-refractivity contribution < 1.29 is 5.11 Å². The first-order valence-corrected chi connectivity index (χ1v) is 6.73. The zero-order valence-corrected chi connectivity index (χ0v) is 9.91. The Hall–Kier alpha value is -0.0800. The zero-order valence-electron chi connectivity index (χ0n) is 9.91. The van der Waals surface area contributed by atoms with Gasteiger partial charge in [0.15, 0.2) is 0 Å². The first kappa shape index (κ1) is 11.4. The van der Waals surface area contributed by atoms with Gasteiger partial charge in [0.2, 0.25) is 0 Å². The van der Waals surface area contributed by atoms with Crippen molar-refractivity contribution in [3.63, 3.8) is 0 Å². The number of aliphatic hydroxyl groups excluding tert-OH is 1. The Balaban J connectivity index is 1.78. The van der Waals surface area contributed by atoms with Crippen molar-refractivity contribution in [1.82, 2.24) is 5.32 Å². The number of aliphatic hydroxyl groups is 1. The fraction of sp³-hybridized carbons (Fsp3) is 1.00. The van der Waals surface area contributed by atoms with E-state index in [1.54, 1.807) is 0 Å². The maximum atomic E-state index is 9.78. The van der Waals surface area contributed by atoms with Crippen molar-refractivity contribution in [2.45, 2.75) is 76.5 Å². The maximum absolute atomic E-state index is 9.78. The molecule has 88 valence electrons. The number of nitrogens with one attached hydrogen (secondary N) is 1. The van der Waals surface area contributed by atoms with Crippen molar-refractivity contribution >= 4 is 0 Å². The van der Waals surface area contributed by atoms with Crippen LogP contribution in [0.1, 0.15) is 58.3 Å². The lowest BCUT2D eigenvalue weighted by Gasteiger charge is -2.32. The van der Waals surface area contributed by atoms with Gasteiger partial charge >= 0.3 is 0 Å². The van der Waals surface area contributed by atoms with Gasteiger partial charge in [0, 0.05) is 12.1 Å². The molecule has 0 amide bonds. The average molecular weight is 211 g/mol. The third-order valence-electron chi connectivity index (χ3n) is 4.29. The van der Waals surface area contributed by atoms with Gasteiger partial charge in [-0.2, -0.15) is 0 Å². The lowest BCUT2D eigenvalue weighted by molar-refractivity contribution is 0.133. The Labute approximate surface area is 93.5 Å². The molecule has 0 aromatic carbocycles. The summed E-state index contributed by atoms with van der Waals surface area (Å²) in [5, 5.41) is 13.5. The van der Waals surface area contributed by atoms with Crippen LogP contribution in [0.5, 0.6) is 0 Å². The van der Waals surface area contributed by atoms with Crippen molar-refractivity contribution in [3.8, 4) is 0 Å². The van der Waals surface area contributed by atoms with Crippen molar-refractivity contribution in [2.75, 3.05) is 0 Å². The number of hydrogen-bond acceptors (Lipinski definition) is 2. The monoisotopic (exact) mass is 211 g/mol. The molecule has 2 aliphatic carbocycles. The van der Waals surface area contributed by atoms with Gasteiger partial charge in [0.25, 0.3) is 0 Å². The summed E-state index contributed by atoms with van der Waals surface area (Å²) in [4.78, 5) is 0. The SMILES string of the molecule is CCC1CCCC(N[C@H]2CCC[C@@H]2O)C1. The van der Waals surface area contributed by atoms with E-state index in [9.17, 15) is 5.11 Å². The highest BCUT2D eigenvalue weighted by atomic mass is 16.3. The molecule has 2 rings (SSSR count). The summed E-state index contributed by atoms with van der Waals surface area (Å²) in [7, 11) is 0. The van der Waals surface area contributed by atoms with E-state index in [-0.39, 0.29) is 6.10 Å². The summed E-state index contributed by atoms with van der Waals surface area (Å²) in [6.07, 6.45) is 10.1. The molecular formula is C13H25NO. The first-order valence-electron chi connectivity index (χ1n) is 6.73. The topological polar surface area (TPSA) is 32.3 Å². The molecule has 0 aromatic rings. The maximum Gasteiger partial charge on any atom is 0.0693 e. The first-order chi connectivity index (χ1) is 7.29. The van der Waals surface area contributed by atoms with Gasteiger partial charge in [0.05, 0.1) is 6.10 Å². The summed E-state index contributed by atoms with van der Waals surface area (Å²) >= 11 is 0. The van der Waals surface area contributed by atoms with Crippen LogP contribution < -0.4 is 5.32 Å². The van der Waals surface area contributed by atoms with E-state index < -0.39 is 0 Å². The van der Waals surface area contributed by atoms with Gasteiger partial charge in [-0.1, -0.05) is 26.2 Å². The quantitative estimate of drug-likeness (QED) is 0.751. The summed E-state index contributed by atoms with van der Waals surface area (Å²) < 4.78 is 0. The average Bonchev–Trinajstić information content (AvgIpc) is 2.65. The molecule has 4 atom stereocenters. The van der Waals surface area contributed by atoms with Gasteiger partial charge < -0.3 is 10.4 Å². The molecule has 0 heterocycles. The highest BCUT2D eigenvalue weighted by Crippen LogP contribution is 2.28. The van der Waals surface area contributed by atoms with Crippen LogP contribution in [0, 0.1) is 5.92 Å². The summed E-state index contributed by atoms with van der Waals surface area (Å²) in [6, 6.07) is 1.08. The Morgan fingerprint density at radius 1 is 1.13 bits per heavy atom. The molecule has 2 saturated carbocycles. The van der Waals surface area contributed by atoms with E-state index in [1.165, 1.54) is 44.9 Å². The normalized spacial score (nSPS) is 42.0. The van der Waals surface area contributed by atoms with E-state index in [1.807, 2.05) is 0 Å². The summed E-state index contributed by atoms with van der Waals surface area (Å²) in [6.45, 7) is 2.30. The lowest BCUT2D eigenvalue weighted by Crippen LogP contribution is -2.44. The van der Waals surface area contributed by atoms with E-state index in [0.717, 1.165) is 12.3 Å². The number of hydrogen-bond donors (Lipinski definition) is 2. The van der Waals surface area contributed by atoms with Crippen LogP contribution in [-0.2, 0) is 0 Å². The molecule has 2 heteroatoms. The van der Waals surface area contributed by atoms with E-state index in [2.05, 4.69) is 12.2 Å². The predicted molar refractivity (Wildman–Crippen MR) is 62.8 cm³/mol. The largest absolute Gasteiger partial charge is 0.392 e. The van der Waals surface area contributed by atoms with Gasteiger partial charge in [-0.15, -0.1) is 0 Å². The van der Waals surface area contributed by atoms with Gasteiger partial charge in [-0.25, -0.2) is 0 Å². The van der Waals surface area contributed by atoms with Crippen LogP contribution in [0.2, 0.25) is 0 Å². The second kappa shape index (κ2) is 5.31. The fourth-order valence-corrected chi connectivity index (χ4v) is 3.25. The van der Waals surface area contributed by atoms with Gasteiger partial charge in [-0.3, -0.25) is 0 Å². The Kier molecular flexibility index (Phi) is 4.04. The molecule has 0 aliphatic heterocycles. The molecule has 2 N–H and O–H groups in total. The molecule has 2 aliphatic rings. The highest BCUT2D eigenvalue weighted by Gasteiger charge is 2.29. The second-order valence-corrected chi connectivity index (χ2v) is 5.41. The predicted octanol–water partition coefficient (Wildman–Crippen LogP) is 2.46. The fourth-order valence-electron chi connectivity index (χ4n) is 3.25. The molecule has 15 heavy (non-hydrogen) atoms. The zero-order chi connectivity index (χ0) is 10.7. The minimum absolute atomic E-state index is 0.0768. The molecule has 0 saturated heterocycles.